The fraction of sp³-hybridized carbons (Fsp3) is 0.714. The summed E-state index contributed by atoms with van der Waals surface area (Å²) in [5.41, 5.74) is 0. The van der Waals surface area contributed by atoms with E-state index in [4.69, 9.17) is 0 Å². The zero-order valence-electron chi connectivity index (χ0n) is 6.92. The Balaban J connectivity index is 0. The maximum atomic E-state index is 10.5. The van der Waals surface area contributed by atoms with Gasteiger partial charge in [0, 0.05) is 52.7 Å². The van der Waals surface area contributed by atoms with Crippen LogP contribution in [-0.4, -0.2) is 23.9 Å². The van der Waals surface area contributed by atoms with E-state index in [0.717, 1.165) is 19.0 Å². The normalized spacial score (nSPS) is 16.4. The minimum Gasteiger partial charge on any atom is -0.358 e. The molecular formula is C7H14NOY-. The second-order valence-corrected chi connectivity index (χ2v) is 2.53. The third-order valence-corrected chi connectivity index (χ3v) is 1.51. The molecular weight excluding hydrogens is 203 g/mol. The Hall–Kier alpha value is 0.574. The summed E-state index contributed by atoms with van der Waals surface area (Å²) in [6.07, 6.45) is 0. The smallest absolute Gasteiger partial charge is 0.219 e. The summed E-state index contributed by atoms with van der Waals surface area (Å²) in [7, 11) is 0. The molecule has 0 spiro atoms. The van der Waals surface area contributed by atoms with Crippen LogP contribution >= 0.6 is 0 Å². The van der Waals surface area contributed by atoms with Crippen molar-refractivity contribution >= 4 is 5.91 Å². The van der Waals surface area contributed by atoms with Crippen molar-refractivity contribution in [2.75, 3.05) is 13.1 Å². The molecule has 0 aromatic heterocycles. The van der Waals surface area contributed by atoms with E-state index in [1.54, 1.807) is 6.92 Å². The number of carbonyl (C=O) groups is 1. The van der Waals surface area contributed by atoms with Crippen molar-refractivity contribution in [3.63, 3.8) is 0 Å². The van der Waals surface area contributed by atoms with Crippen LogP contribution in [0.5, 0.6) is 0 Å². The van der Waals surface area contributed by atoms with E-state index in [1.165, 1.54) is 0 Å². The van der Waals surface area contributed by atoms with Gasteiger partial charge in [-0.3, -0.25) is 4.79 Å². The topological polar surface area (TPSA) is 20.3 Å². The minimum absolute atomic E-state index is 0. The van der Waals surface area contributed by atoms with Crippen LogP contribution in [0.15, 0.2) is 0 Å². The average Bonchev–Trinajstić information content (AvgIpc) is 1.57. The Kier molecular flexibility index (Phi) is 6.93. The van der Waals surface area contributed by atoms with Crippen LogP contribution in [0, 0.1) is 13.3 Å². The van der Waals surface area contributed by atoms with Crippen molar-refractivity contribution in [3.8, 4) is 0 Å². The zero-order valence-corrected chi connectivity index (χ0v) is 9.76. The quantitative estimate of drug-likeness (QED) is 0.553. The van der Waals surface area contributed by atoms with Crippen LogP contribution in [0.1, 0.15) is 13.8 Å². The molecule has 0 bridgehead atoms. The van der Waals surface area contributed by atoms with Gasteiger partial charge in [0.2, 0.25) is 5.91 Å². The molecule has 10 heavy (non-hydrogen) atoms. The van der Waals surface area contributed by atoms with Gasteiger partial charge in [0.1, 0.15) is 0 Å². The first-order chi connectivity index (χ1) is 3.70. The van der Waals surface area contributed by atoms with E-state index in [9.17, 15) is 4.79 Å². The molecule has 0 N–H and O–H groups in total. The third kappa shape index (κ3) is 3.11. The van der Waals surface area contributed by atoms with Gasteiger partial charge in [-0.15, -0.1) is 0 Å². The number of hydrogen-bond acceptors (Lipinski definition) is 1. The minimum atomic E-state index is 0. The Bertz CT molecular complexity index is 110. The van der Waals surface area contributed by atoms with Crippen molar-refractivity contribution in [1.29, 1.82) is 0 Å². The van der Waals surface area contributed by atoms with Crippen molar-refractivity contribution in [1.82, 2.24) is 4.90 Å². The number of likely N-dealkylation sites (tertiary alicyclic amines) is 1. The van der Waals surface area contributed by atoms with E-state index in [2.05, 4.69) is 6.92 Å². The first-order valence-corrected chi connectivity index (χ1v) is 2.95. The Labute approximate surface area is 88.2 Å². The molecule has 0 aliphatic carbocycles. The first-order valence-electron chi connectivity index (χ1n) is 2.95. The molecule has 1 radical (unpaired) electrons. The maximum absolute atomic E-state index is 10.5. The Morgan fingerprint density at radius 2 is 1.90 bits per heavy atom. The Morgan fingerprint density at radius 1 is 1.50 bits per heavy atom. The molecule has 57 valence electrons. The fourth-order valence-corrected chi connectivity index (χ4v) is 0.956. The van der Waals surface area contributed by atoms with Gasteiger partial charge in [-0.25, -0.2) is 0 Å². The van der Waals surface area contributed by atoms with Crippen LogP contribution in [0.2, 0.25) is 0 Å². The second kappa shape index (κ2) is 5.25. The van der Waals surface area contributed by atoms with E-state index < -0.39 is 0 Å². The summed E-state index contributed by atoms with van der Waals surface area (Å²) in [6, 6.07) is 0. The van der Waals surface area contributed by atoms with Gasteiger partial charge in [0.05, 0.1) is 0 Å². The van der Waals surface area contributed by atoms with Crippen molar-refractivity contribution in [2.24, 2.45) is 5.92 Å². The van der Waals surface area contributed by atoms with E-state index in [0.29, 0.717) is 0 Å². The molecule has 1 heterocycles. The molecule has 2 nitrogen and oxygen atoms in total. The van der Waals surface area contributed by atoms with Crippen LogP contribution < -0.4 is 0 Å². The van der Waals surface area contributed by atoms with Crippen molar-refractivity contribution < 1.29 is 37.5 Å². The van der Waals surface area contributed by atoms with Crippen molar-refractivity contribution in [2.45, 2.75) is 13.8 Å². The summed E-state index contributed by atoms with van der Waals surface area (Å²) in [4.78, 5) is 12.3. The average molecular weight is 217 g/mol. The molecule has 1 rings (SSSR count). The van der Waals surface area contributed by atoms with Crippen LogP contribution in [0.3, 0.4) is 0 Å². The molecule has 1 fully saturated rings. The van der Waals surface area contributed by atoms with Gasteiger partial charge in [-0.05, 0) is 5.92 Å². The number of nitrogens with zero attached hydrogens (tertiary/aromatic N) is 1. The zero-order chi connectivity index (χ0) is 6.15. The molecule has 0 saturated carbocycles. The molecule has 0 aromatic carbocycles. The summed E-state index contributed by atoms with van der Waals surface area (Å²) in [5.74, 6) is 0.946. The second-order valence-electron chi connectivity index (χ2n) is 2.53. The molecule has 1 amide bonds. The summed E-state index contributed by atoms with van der Waals surface area (Å²) in [5, 5.41) is 0. The van der Waals surface area contributed by atoms with Gasteiger partial charge in [-0.2, -0.15) is 0 Å². The Morgan fingerprint density at radius 3 is 2.00 bits per heavy atom. The molecule has 0 atom stereocenters. The first kappa shape index (κ1) is 13.2. The van der Waals surface area contributed by atoms with E-state index in [-0.39, 0.29) is 46.0 Å². The predicted octanol–water partition coefficient (Wildman–Crippen LogP) is 0.932. The SMILES string of the molecule is CC(=O)N1CC(C)C1.[CH3-].[Y]. The standard InChI is InChI=1S/C6H11NO.CH3.Y/c1-5-3-7(4-5)6(2)8;;/h5H,3-4H2,1-2H3;1H3;/q;-1;. The van der Waals surface area contributed by atoms with Crippen molar-refractivity contribution in [3.05, 3.63) is 7.43 Å². The van der Waals surface area contributed by atoms with Crippen LogP contribution in [0.25, 0.3) is 0 Å². The van der Waals surface area contributed by atoms with Gasteiger partial charge < -0.3 is 12.3 Å². The number of carbonyl (C=O) groups excluding carboxylic acids is 1. The predicted molar refractivity (Wildman–Crippen MR) is 37.8 cm³/mol. The maximum Gasteiger partial charge on any atom is 0.219 e. The largest absolute Gasteiger partial charge is 0.358 e. The summed E-state index contributed by atoms with van der Waals surface area (Å²) >= 11 is 0. The number of amides is 1. The number of hydrogen-bond donors (Lipinski definition) is 0. The third-order valence-electron chi connectivity index (χ3n) is 1.51. The van der Waals surface area contributed by atoms with Crippen LogP contribution in [0.4, 0.5) is 0 Å². The monoisotopic (exact) mass is 217 g/mol. The molecule has 0 aromatic rings. The van der Waals surface area contributed by atoms with Crippen LogP contribution in [-0.2, 0) is 37.5 Å². The fourth-order valence-electron chi connectivity index (χ4n) is 0.956. The van der Waals surface area contributed by atoms with E-state index >= 15 is 0 Å². The molecule has 1 saturated heterocycles. The van der Waals surface area contributed by atoms with Gasteiger partial charge >= 0.3 is 0 Å². The molecule has 1 aliphatic heterocycles. The summed E-state index contributed by atoms with van der Waals surface area (Å²) < 4.78 is 0. The van der Waals surface area contributed by atoms with Gasteiger partial charge in [-0.1, -0.05) is 6.92 Å². The van der Waals surface area contributed by atoms with Gasteiger partial charge in [0.15, 0.2) is 0 Å². The van der Waals surface area contributed by atoms with Gasteiger partial charge in [0.25, 0.3) is 0 Å². The molecule has 0 unspecified atom stereocenters. The molecule has 1 aliphatic rings. The number of rotatable bonds is 0. The summed E-state index contributed by atoms with van der Waals surface area (Å²) in [6.45, 7) is 5.70. The van der Waals surface area contributed by atoms with E-state index in [1.807, 2.05) is 4.90 Å². The molecule has 3 heteroatoms.